The third-order valence-corrected chi connectivity index (χ3v) is 8.68. The predicted molar refractivity (Wildman–Crippen MR) is 131 cm³/mol. The number of thiazole rings is 1. The predicted octanol–water partition coefficient (Wildman–Crippen LogP) is 5.66. The molecule has 1 aromatic heterocycles. The van der Waals surface area contributed by atoms with Crippen molar-refractivity contribution < 1.29 is 14.3 Å². The first-order valence-corrected chi connectivity index (χ1v) is 12.8. The van der Waals surface area contributed by atoms with Crippen LogP contribution in [0.2, 0.25) is 0 Å². The van der Waals surface area contributed by atoms with Gasteiger partial charge in [0.15, 0.2) is 16.6 Å². The van der Waals surface area contributed by atoms with Gasteiger partial charge in [-0.3, -0.25) is 4.79 Å². The molecule has 6 rings (SSSR count). The zero-order chi connectivity index (χ0) is 22.5. The molecule has 0 saturated heterocycles. The Hall–Kier alpha value is -2.80. The second-order valence-electron chi connectivity index (χ2n) is 9.56. The number of aromatic nitrogens is 1. The maximum Gasteiger partial charge on any atom is 0.253 e. The van der Waals surface area contributed by atoms with E-state index in [4.69, 9.17) is 14.5 Å². The molecule has 6 nitrogen and oxygen atoms in total. The van der Waals surface area contributed by atoms with Gasteiger partial charge in [0.25, 0.3) is 5.91 Å². The number of hydrogen-bond donors (Lipinski definition) is 1. The number of amides is 1. The molecule has 1 fully saturated rings. The summed E-state index contributed by atoms with van der Waals surface area (Å²) in [6.07, 6.45) is 5.57. The number of nitrogens with zero attached hydrogens (tertiary/aromatic N) is 2. The van der Waals surface area contributed by atoms with E-state index in [1.165, 1.54) is 17.7 Å². The fourth-order valence-electron chi connectivity index (χ4n) is 5.47. The van der Waals surface area contributed by atoms with Gasteiger partial charge in [-0.1, -0.05) is 56.2 Å². The molecule has 3 heterocycles. The van der Waals surface area contributed by atoms with Crippen molar-refractivity contribution in [2.45, 2.75) is 52.0 Å². The summed E-state index contributed by atoms with van der Waals surface area (Å²) in [6, 6.07) is 10.5. The maximum atomic E-state index is 13.5. The lowest BCUT2D eigenvalue weighted by Gasteiger charge is -2.34. The molecule has 0 spiro atoms. The molecular formula is C26H29N3O3S. The van der Waals surface area contributed by atoms with E-state index in [9.17, 15) is 4.79 Å². The summed E-state index contributed by atoms with van der Waals surface area (Å²) >= 11 is 1.58. The van der Waals surface area contributed by atoms with Gasteiger partial charge in [-0.25, -0.2) is 4.98 Å². The monoisotopic (exact) mass is 463 g/mol. The van der Waals surface area contributed by atoms with Crippen LogP contribution in [0.3, 0.4) is 0 Å². The SMILES string of the molecule is C[C@H]1[C@H](C)CCC[C@@H]1NC(=O)c1cc2c(c3sc(N4CCCc5ccccc54)nc13)OCO2. The number of para-hydroxylation sites is 1. The number of carbonyl (C=O) groups excluding carboxylic acids is 1. The molecule has 2 aliphatic heterocycles. The lowest BCUT2D eigenvalue weighted by atomic mass is 9.78. The zero-order valence-corrected chi connectivity index (χ0v) is 19.9. The number of benzene rings is 2. The Morgan fingerprint density at radius 2 is 2.06 bits per heavy atom. The average molecular weight is 464 g/mol. The molecule has 1 amide bonds. The summed E-state index contributed by atoms with van der Waals surface area (Å²) in [5.41, 5.74) is 3.82. The number of anilines is 2. The van der Waals surface area contributed by atoms with E-state index < -0.39 is 0 Å². The van der Waals surface area contributed by atoms with Crippen molar-refractivity contribution in [3.8, 4) is 11.5 Å². The summed E-state index contributed by atoms with van der Waals surface area (Å²) in [5.74, 6) is 2.34. The van der Waals surface area contributed by atoms with E-state index in [-0.39, 0.29) is 18.7 Å². The molecule has 1 aliphatic carbocycles. The van der Waals surface area contributed by atoms with Crippen LogP contribution in [0.15, 0.2) is 30.3 Å². The Balaban J connectivity index is 1.40. The standard InChI is InChI=1S/C26H29N3O3S/c1-15-7-5-10-19(16(15)2)27-25(30)18-13-21-23(32-14-31-21)24-22(18)28-26(33-24)29-12-6-9-17-8-3-4-11-20(17)29/h3-4,8,11,13,15-16,19H,5-7,9-10,12,14H2,1-2H3,(H,27,30)/t15-,16+,19+/m1/s1. The maximum absolute atomic E-state index is 13.5. The van der Waals surface area contributed by atoms with Gasteiger partial charge >= 0.3 is 0 Å². The van der Waals surface area contributed by atoms with E-state index in [1.54, 1.807) is 11.3 Å². The van der Waals surface area contributed by atoms with Gasteiger partial charge in [0.05, 0.1) is 5.56 Å². The summed E-state index contributed by atoms with van der Waals surface area (Å²) < 4.78 is 12.4. The number of carbonyl (C=O) groups is 1. The Labute approximate surface area is 197 Å². The van der Waals surface area contributed by atoms with Crippen LogP contribution in [0.4, 0.5) is 10.8 Å². The fourth-order valence-corrected chi connectivity index (χ4v) is 6.59. The van der Waals surface area contributed by atoms with Gasteiger partial charge in [0.2, 0.25) is 6.79 Å². The second kappa shape index (κ2) is 8.20. The molecule has 1 N–H and O–H groups in total. The normalized spacial score (nSPS) is 24.1. The molecule has 0 radical (unpaired) electrons. The molecule has 1 saturated carbocycles. The number of aryl methyl sites for hydroxylation is 1. The van der Waals surface area contributed by atoms with E-state index in [1.807, 2.05) is 6.07 Å². The topological polar surface area (TPSA) is 63.7 Å². The van der Waals surface area contributed by atoms with Crippen LogP contribution in [-0.2, 0) is 6.42 Å². The third kappa shape index (κ3) is 3.53. The first-order chi connectivity index (χ1) is 16.1. The molecular weight excluding hydrogens is 434 g/mol. The molecule has 2 aromatic carbocycles. The number of hydrogen-bond acceptors (Lipinski definition) is 6. The molecule has 3 atom stereocenters. The van der Waals surface area contributed by atoms with E-state index in [0.717, 1.165) is 42.1 Å². The van der Waals surface area contributed by atoms with E-state index in [2.05, 4.69) is 48.3 Å². The Kier molecular flexibility index (Phi) is 5.17. The minimum atomic E-state index is -0.0693. The molecule has 0 unspecified atom stereocenters. The smallest absolute Gasteiger partial charge is 0.253 e. The Morgan fingerprint density at radius 1 is 1.18 bits per heavy atom. The van der Waals surface area contributed by atoms with Crippen molar-refractivity contribution in [3.05, 3.63) is 41.5 Å². The Morgan fingerprint density at radius 3 is 2.97 bits per heavy atom. The summed E-state index contributed by atoms with van der Waals surface area (Å²) in [7, 11) is 0. The highest BCUT2D eigenvalue weighted by atomic mass is 32.1. The van der Waals surface area contributed by atoms with Crippen molar-refractivity contribution in [1.82, 2.24) is 10.3 Å². The number of fused-ring (bicyclic) bond motifs is 4. The molecule has 33 heavy (non-hydrogen) atoms. The summed E-state index contributed by atoms with van der Waals surface area (Å²) in [6.45, 7) is 5.62. The van der Waals surface area contributed by atoms with Crippen LogP contribution < -0.4 is 19.7 Å². The van der Waals surface area contributed by atoms with E-state index >= 15 is 0 Å². The zero-order valence-electron chi connectivity index (χ0n) is 19.1. The van der Waals surface area contributed by atoms with Gasteiger partial charge in [-0.15, -0.1) is 0 Å². The van der Waals surface area contributed by atoms with Crippen molar-refractivity contribution in [2.75, 3.05) is 18.2 Å². The van der Waals surface area contributed by atoms with Gasteiger partial charge in [-0.2, -0.15) is 0 Å². The largest absolute Gasteiger partial charge is 0.454 e. The Bertz CT molecular complexity index is 1220. The minimum Gasteiger partial charge on any atom is -0.454 e. The van der Waals surface area contributed by atoms with Crippen molar-refractivity contribution in [3.63, 3.8) is 0 Å². The number of rotatable bonds is 3. The third-order valence-electron chi connectivity index (χ3n) is 7.60. The van der Waals surface area contributed by atoms with Crippen LogP contribution in [0.25, 0.3) is 10.2 Å². The van der Waals surface area contributed by atoms with Crippen molar-refractivity contribution in [1.29, 1.82) is 0 Å². The molecule has 0 bridgehead atoms. The van der Waals surface area contributed by atoms with E-state index in [0.29, 0.717) is 34.4 Å². The summed E-state index contributed by atoms with van der Waals surface area (Å²) in [4.78, 5) is 20.8. The lowest BCUT2D eigenvalue weighted by Crippen LogP contribution is -2.43. The van der Waals surface area contributed by atoms with Crippen LogP contribution in [-0.4, -0.2) is 30.3 Å². The second-order valence-corrected chi connectivity index (χ2v) is 10.5. The van der Waals surface area contributed by atoms with Gasteiger partial charge in [-0.05, 0) is 48.8 Å². The first-order valence-electron chi connectivity index (χ1n) is 12.0. The molecule has 172 valence electrons. The van der Waals surface area contributed by atoms with Gasteiger partial charge in [0, 0.05) is 18.3 Å². The average Bonchev–Trinajstić information content (AvgIpc) is 3.48. The van der Waals surface area contributed by atoms with Crippen LogP contribution in [0.5, 0.6) is 11.5 Å². The highest BCUT2D eigenvalue weighted by Crippen LogP contribution is 2.47. The van der Waals surface area contributed by atoms with Crippen molar-refractivity contribution >= 4 is 38.3 Å². The van der Waals surface area contributed by atoms with Gasteiger partial charge in [0.1, 0.15) is 10.2 Å². The quantitative estimate of drug-likeness (QED) is 0.543. The molecule has 3 aliphatic rings. The van der Waals surface area contributed by atoms with Gasteiger partial charge < -0.3 is 19.7 Å². The first kappa shape index (κ1) is 20.8. The van der Waals surface area contributed by atoms with Crippen LogP contribution >= 0.6 is 11.3 Å². The van der Waals surface area contributed by atoms with Crippen LogP contribution in [0, 0.1) is 11.8 Å². The van der Waals surface area contributed by atoms with Crippen molar-refractivity contribution in [2.24, 2.45) is 11.8 Å². The molecule has 7 heteroatoms. The summed E-state index contributed by atoms with van der Waals surface area (Å²) in [5, 5.41) is 4.22. The lowest BCUT2D eigenvalue weighted by molar-refractivity contribution is 0.0892. The molecule has 3 aromatic rings. The highest BCUT2D eigenvalue weighted by molar-refractivity contribution is 7.22. The fraction of sp³-hybridized carbons (Fsp3) is 0.462. The highest BCUT2D eigenvalue weighted by Gasteiger charge is 2.32. The minimum absolute atomic E-state index is 0.0693. The number of ether oxygens (including phenoxy) is 2. The van der Waals surface area contributed by atoms with Crippen LogP contribution in [0.1, 0.15) is 55.5 Å². The number of nitrogens with one attached hydrogen (secondary N) is 1.